The van der Waals surface area contributed by atoms with Gasteiger partial charge in [0.2, 0.25) is 5.91 Å². The van der Waals surface area contributed by atoms with E-state index in [2.05, 4.69) is 55.6 Å². The zero-order valence-electron chi connectivity index (χ0n) is 52.7. The second kappa shape index (κ2) is 67.6. The number of nitrogens with one attached hydrogen (secondary N) is 1. The van der Waals surface area contributed by atoms with Gasteiger partial charge < -0.3 is 20.3 Å². The standard InChI is InChI=1S/C72H137NO5/c1-3-5-7-9-11-13-15-17-18-19-20-32-35-38-41-44-48-52-56-60-64-70(75)69(68-74)73-71(76)65-61-57-53-49-45-42-39-36-33-30-28-26-24-22-21-23-25-27-29-31-34-37-40-43-47-51-55-59-63-67-78-72(77)66-62-58-54-50-46-16-14-12-10-8-6-4-2/h12,14,21,23,27,29,69-70,74-75H,3-11,13,15-20,22,24-26,28,30-68H2,1-2H3,(H,73,76)/b14-12-,23-21-,29-27-. The highest BCUT2D eigenvalue weighted by Gasteiger charge is 2.20. The van der Waals surface area contributed by atoms with Crippen LogP contribution < -0.4 is 5.32 Å². The van der Waals surface area contributed by atoms with Gasteiger partial charge in [-0.25, -0.2) is 0 Å². The van der Waals surface area contributed by atoms with Crippen LogP contribution in [-0.4, -0.2) is 47.4 Å². The highest BCUT2D eigenvalue weighted by molar-refractivity contribution is 5.76. The lowest BCUT2D eigenvalue weighted by Crippen LogP contribution is -2.45. The molecular weight excluding hydrogens is 959 g/mol. The van der Waals surface area contributed by atoms with Gasteiger partial charge in [0.05, 0.1) is 25.4 Å². The van der Waals surface area contributed by atoms with Crippen LogP contribution in [0.1, 0.15) is 386 Å². The third kappa shape index (κ3) is 63.3. The number of hydrogen-bond acceptors (Lipinski definition) is 5. The Balaban J connectivity index is 3.41. The predicted molar refractivity (Wildman–Crippen MR) is 343 cm³/mol. The first-order valence-corrected chi connectivity index (χ1v) is 35.2. The molecular formula is C72H137NO5. The fraction of sp³-hybridized carbons (Fsp3) is 0.889. The Morgan fingerprint density at radius 3 is 1.01 bits per heavy atom. The number of ether oxygens (including phenoxy) is 1. The molecule has 0 radical (unpaired) electrons. The van der Waals surface area contributed by atoms with E-state index in [9.17, 15) is 19.8 Å². The minimum atomic E-state index is -0.666. The number of unbranched alkanes of at least 4 members (excludes halogenated alkanes) is 49. The van der Waals surface area contributed by atoms with Crippen molar-refractivity contribution in [2.24, 2.45) is 0 Å². The number of esters is 1. The lowest BCUT2D eigenvalue weighted by Gasteiger charge is -2.22. The second-order valence-electron chi connectivity index (χ2n) is 24.2. The van der Waals surface area contributed by atoms with Crippen LogP contribution in [0.25, 0.3) is 0 Å². The summed E-state index contributed by atoms with van der Waals surface area (Å²) in [6, 6.07) is -0.543. The molecule has 2 unspecified atom stereocenters. The minimum absolute atomic E-state index is 0.00223. The molecule has 0 aliphatic rings. The Morgan fingerprint density at radius 2 is 0.641 bits per heavy atom. The Bertz CT molecular complexity index is 1260. The molecule has 0 aliphatic heterocycles. The maximum absolute atomic E-state index is 12.5. The van der Waals surface area contributed by atoms with E-state index in [0.717, 1.165) is 51.4 Å². The molecule has 0 spiro atoms. The van der Waals surface area contributed by atoms with Crippen LogP contribution in [0.15, 0.2) is 36.5 Å². The third-order valence-electron chi connectivity index (χ3n) is 16.4. The molecule has 0 saturated carbocycles. The second-order valence-corrected chi connectivity index (χ2v) is 24.2. The van der Waals surface area contributed by atoms with Crippen LogP contribution in [0, 0.1) is 0 Å². The van der Waals surface area contributed by atoms with Crippen molar-refractivity contribution in [3.05, 3.63) is 36.5 Å². The lowest BCUT2D eigenvalue weighted by atomic mass is 10.0. The molecule has 0 bridgehead atoms. The number of aliphatic hydroxyl groups is 2. The Morgan fingerprint density at radius 1 is 0.359 bits per heavy atom. The van der Waals surface area contributed by atoms with Crippen LogP contribution in [0.5, 0.6) is 0 Å². The van der Waals surface area contributed by atoms with Gasteiger partial charge in [0.25, 0.3) is 0 Å². The van der Waals surface area contributed by atoms with Gasteiger partial charge in [-0.15, -0.1) is 0 Å². The summed E-state index contributed by atoms with van der Waals surface area (Å²) in [5.41, 5.74) is 0. The van der Waals surface area contributed by atoms with Gasteiger partial charge in [0, 0.05) is 12.8 Å². The highest BCUT2D eigenvalue weighted by Crippen LogP contribution is 2.18. The molecule has 3 N–H and O–H groups in total. The SMILES string of the molecule is CCCCC/C=C\CCCCCCCC(=O)OCCCCCCCCCCC/C=C\C/C=C\CCCCCCCCCCCCCCCC(=O)NC(CO)C(O)CCCCCCCCCCCCCCCCCCCCCC. The number of aliphatic hydroxyl groups excluding tert-OH is 2. The van der Waals surface area contributed by atoms with Crippen molar-refractivity contribution in [3.8, 4) is 0 Å². The topological polar surface area (TPSA) is 95.9 Å². The molecule has 0 aliphatic carbocycles. The highest BCUT2D eigenvalue weighted by atomic mass is 16.5. The van der Waals surface area contributed by atoms with E-state index in [1.165, 1.54) is 302 Å². The smallest absolute Gasteiger partial charge is 0.305 e. The maximum atomic E-state index is 12.5. The predicted octanol–water partition coefficient (Wildman–Crippen LogP) is 22.7. The normalized spacial score (nSPS) is 12.7. The summed E-state index contributed by atoms with van der Waals surface area (Å²) in [5, 5.41) is 23.4. The zero-order valence-corrected chi connectivity index (χ0v) is 52.7. The van der Waals surface area contributed by atoms with Gasteiger partial charge in [0.15, 0.2) is 0 Å². The summed E-state index contributed by atoms with van der Waals surface area (Å²) in [6.45, 7) is 4.95. The molecule has 0 aromatic rings. The van der Waals surface area contributed by atoms with E-state index in [4.69, 9.17) is 4.74 Å². The fourth-order valence-corrected chi connectivity index (χ4v) is 11.0. The molecule has 0 aromatic carbocycles. The van der Waals surface area contributed by atoms with Gasteiger partial charge in [-0.3, -0.25) is 9.59 Å². The summed E-state index contributed by atoms with van der Waals surface area (Å²) < 4.78 is 5.47. The van der Waals surface area contributed by atoms with Crippen molar-refractivity contribution in [3.63, 3.8) is 0 Å². The maximum Gasteiger partial charge on any atom is 0.305 e. The summed E-state index contributed by atoms with van der Waals surface area (Å²) in [6.07, 6.45) is 86.2. The van der Waals surface area contributed by atoms with E-state index >= 15 is 0 Å². The summed E-state index contributed by atoms with van der Waals surface area (Å²) in [7, 11) is 0. The lowest BCUT2D eigenvalue weighted by molar-refractivity contribution is -0.143. The van der Waals surface area contributed by atoms with E-state index in [0.29, 0.717) is 25.9 Å². The largest absolute Gasteiger partial charge is 0.466 e. The Labute approximate surface area is 487 Å². The van der Waals surface area contributed by atoms with Crippen LogP contribution in [0.3, 0.4) is 0 Å². The van der Waals surface area contributed by atoms with Crippen LogP contribution in [0.4, 0.5) is 0 Å². The number of allylic oxidation sites excluding steroid dienone is 6. The van der Waals surface area contributed by atoms with Crippen molar-refractivity contribution >= 4 is 11.9 Å². The van der Waals surface area contributed by atoms with Crippen molar-refractivity contribution in [1.82, 2.24) is 5.32 Å². The number of amides is 1. The van der Waals surface area contributed by atoms with E-state index in [1.807, 2.05) is 0 Å². The number of carbonyl (C=O) groups excluding carboxylic acids is 2. The van der Waals surface area contributed by atoms with Gasteiger partial charge in [0.1, 0.15) is 0 Å². The summed E-state index contributed by atoms with van der Waals surface area (Å²) in [5.74, 6) is -0.0300. The average Bonchev–Trinajstić information content (AvgIpc) is 3.44. The molecule has 6 nitrogen and oxygen atoms in total. The average molecular weight is 1100 g/mol. The van der Waals surface area contributed by atoms with Crippen molar-refractivity contribution in [2.45, 2.75) is 398 Å². The van der Waals surface area contributed by atoms with Gasteiger partial charge >= 0.3 is 5.97 Å². The first kappa shape index (κ1) is 76.1. The number of rotatable bonds is 66. The molecule has 0 heterocycles. The summed E-state index contributed by atoms with van der Waals surface area (Å²) >= 11 is 0. The quantitative estimate of drug-likeness (QED) is 0.0320. The zero-order chi connectivity index (χ0) is 56.4. The molecule has 2 atom stereocenters. The molecule has 0 saturated heterocycles. The van der Waals surface area contributed by atoms with Crippen molar-refractivity contribution < 1.29 is 24.5 Å². The molecule has 0 aromatic heterocycles. The van der Waals surface area contributed by atoms with Crippen LogP contribution in [0.2, 0.25) is 0 Å². The van der Waals surface area contributed by atoms with E-state index < -0.39 is 12.1 Å². The van der Waals surface area contributed by atoms with Gasteiger partial charge in [-0.05, 0) is 83.5 Å². The molecule has 0 fully saturated rings. The van der Waals surface area contributed by atoms with E-state index in [1.54, 1.807) is 0 Å². The minimum Gasteiger partial charge on any atom is -0.466 e. The molecule has 6 heteroatoms. The van der Waals surface area contributed by atoms with Crippen molar-refractivity contribution in [1.29, 1.82) is 0 Å². The van der Waals surface area contributed by atoms with Crippen LogP contribution >= 0.6 is 0 Å². The summed E-state index contributed by atoms with van der Waals surface area (Å²) in [4.78, 5) is 24.6. The van der Waals surface area contributed by atoms with Gasteiger partial charge in [-0.2, -0.15) is 0 Å². The Kier molecular flexibility index (Phi) is 65.9. The molecule has 0 rings (SSSR count). The van der Waals surface area contributed by atoms with Crippen LogP contribution in [-0.2, 0) is 14.3 Å². The number of carbonyl (C=O) groups is 2. The number of hydrogen-bond donors (Lipinski definition) is 3. The molecule has 1 amide bonds. The molecule has 460 valence electrons. The van der Waals surface area contributed by atoms with Gasteiger partial charge in [-0.1, -0.05) is 326 Å². The fourth-order valence-electron chi connectivity index (χ4n) is 11.0. The first-order chi connectivity index (χ1) is 38.5. The van der Waals surface area contributed by atoms with E-state index in [-0.39, 0.29) is 18.5 Å². The third-order valence-corrected chi connectivity index (χ3v) is 16.4. The monoisotopic (exact) mass is 1100 g/mol. The first-order valence-electron chi connectivity index (χ1n) is 35.2. The molecule has 78 heavy (non-hydrogen) atoms. The van der Waals surface area contributed by atoms with Crippen molar-refractivity contribution in [2.75, 3.05) is 13.2 Å². The Hall–Kier alpha value is -1.92.